The van der Waals surface area contributed by atoms with Crippen molar-refractivity contribution >= 4 is 0 Å². The molecule has 2 rings (SSSR count). The maximum absolute atomic E-state index is 13.7. The van der Waals surface area contributed by atoms with Gasteiger partial charge in [-0.25, -0.2) is 4.39 Å². The zero-order chi connectivity index (χ0) is 13.7. The van der Waals surface area contributed by atoms with Crippen LogP contribution in [0.5, 0.6) is 0 Å². The Morgan fingerprint density at radius 3 is 2.79 bits per heavy atom. The third kappa shape index (κ3) is 4.59. The number of rotatable bonds is 7. The van der Waals surface area contributed by atoms with Crippen LogP contribution in [0.2, 0.25) is 0 Å². The molecule has 3 heteroatoms. The summed E-state index contributed by atoms with van der Waals surface area (Å²) in [5.74, 6) is 0.466. The molecular formula is C16H24FNO. The van der Waals surface area contributed by atoms with Crippen LogP contribution >= 0.6 is 0 Å². The van der Waals surface area contributed by atoms with Crippen LogP contribution in [0.1, 0.15) is 44.2 Å². The van der Waals surface area contributed by atoms with Crippen molar-refractivity contribution in [2.45, 2.75) is 52.4 Å². The Hall–Kier alpha value is -0.930. The molecule has 1 aromatic carbocycles. The Bertz CT molecular complexity index is 402. The maximum Gasteiger partial charge on any atom is 0.128 e. The van der Waals surface area contributed by atoms with Gasteiger partial charge in [0.2, 0.25) is 0 Å². The normalized spacial score (nSPS) is 15.8. The summed E-state index contributed by atoms with van der Waals surface area (Å²) in [4.78, 5) is 0. The van der Waals surface area contributed by atoms with Gasteiger partial charge in [-0.1, -0.05) is 19.9 Å². The first-order valence-corrected chi connectivity index (χ1v) is 7.25. The topological polar surface area (TPSA) is 21.3 Å². The molecule has 1 N–H and O–H groups in total. The van der Waals surface area contributed by atoms with Crippen LogP contribution in [0, 0.1) is 11.7 Å². The highest BCUT2D eigenvalue weighted by Gasteiger charge is 2.18. The van der Waals surface area contributed by atoms with E-state index in [4.69, 9.17) is 4.74 Å². The van der Waals surface area contributed by atoms with Crippen LogP contribution < -0.4 is 5.32 Å². The Labute approximate surface area is 115 Å². The van der Waals surface area contributed by atoms with Crippen molar-refractivity contribution in [3.63, 3.8) is 0 Å². The van der Waals surface area contributed by atoms with E-state index < -0.39 is 0 Å². The third-order valence-corrected chi connectivity index (χ3v) is 3.52. The molecule has 0 unspecified atom stereocenters. The van der Waals surface area contributed by atoms with Crippen molar-refractivity contribution < 1.29 is 9.13 Å². The standard InChI is InChI=1S/C16H24FNO/c1-12(2)9-18-10-13-6-7-16(17)14(8-13)11-19-15-4-3-5-15/h6-8,12,15,18H,3-5,9-11H2,1-2H3. The molecule has 0 bridgehead atoms. The molecular weight excluding hydrogens is 241 g/mol. The average Bonchev–Trinajstić information content (AvgIpc) is 2.30. The van der Waals surface area contributed by atoms with Gasteiger partial charge in [-0.15, -0.1) is 0 Å². The zero-order valence-electron chi connectivity index (χ0n) is 11.9. The SMILES string of the molecule is CC(C)CNCc1ccc(F)c(COC2CCC2)c1. The number of nitrogens with one attached hydrogen (secondary N) is 1. The lowest BCUT2D eigenvalue weighted by Crippen LogP contribution is -2.21. The third-order valence-electron chi connectivity index (χ3n) is 3.52. The van der Waals surface area contributed by atoms with Crippen molar-refractivity contribution in [3.8, 4) is 0 Å². The van der Waals surface area contributed by atoms with Gasteiger partial charge in [0.25, 0.3) is 0 Å². The molecule has 0 aliphatic heterocycles. The van der Waals surface area contributed by atoms with Gasteiger partial charge in [0, 0.05) is 12.1 Å². The molecule has 0 amide bonds. The van der Waals surface area contributed by atoms with Gasteiger partial charge in [-0.05, 0) is 49.4 Å². The predicted molar refractivity (Wildman–Crippen MR) is 75.4 cm³/mol. The molecule has 0 heterocycles. The lowest BCUT2D eigenvalue weighted by Gasteiger charge is -2.25. The van der Waals surface area contributed by atoms with E-state index >= 15 is 0 Å². The van der Waals surface area contributed by atoms with Gasteiger partial charge in [-0.2, -0.15) is 0 Å². The van der Waals surface area contributed by atoms with Crippen LogP contribution in [0.15, 0.2) is 18.2 Å². The largest absolute Gasteiger partial charge is 0.373 e. The quantitative estimate of drug-likeness (QED) is 0.812. The van der Waals surface area contributed by atoms with Crippen LogP contribution in [-0.2, 0) is 17.9 Å². The van der Waals surface area contributed by atoms with E-state index in [-0.39, 0.29) is 5.82 Å². The molecule has 1 fully saturated rings. The molecule has 0 atom stereocenters. The Balaban J connectivity index is 1.86. The summed E-state index contributed by atoms with van der Waals surface area (Å²) in [6.07, 6.45) is 3.84. The highest BCUT2D eigenvalue weighted by atomic mass is 19.1. The minimum Gasteiger partial charge on any atom is -0.373 e. The van der Waals surface area contributed by atoms with Crippen molar-refractivity contribution in [3.05, 3.63) is 35.1 Å². The number of halogens is 1. The summed E-state index contributed by atoms with van der Waals surface area (Å²) in [5.41, 5.74) is 1.80. The second-order valence-electron chi connectivity index (χ2n) is 5.81. The Morgan fingerprint density at radius 1 is 1.37 bits per heavy atom. The van der Waals surface area contributed by atoms with Crippen LogP contribution in [-0.4, -0.2) is 12.6 Å². The van der Waals surface area contributed by atoms with Crippen molar-refractivity contribution in [1.29, 1.82) is 0 Å². The Morgan fingerprint density at radius 2 is 2.16 bits per heavy atom. The van der Waals surface area contributed by atoms with Gasteiger partial charge in [0.15, 0.2) is 0 Å². The summed E-state index contributed by atoms with van der Waals surface area (Å²) in [6, 6.07) is 5.31. The summed E-state index contributed by atoms with van der Waals surface area (Å²) in [7, 11) is 0. The van der Waals surface area contributed by atoms with Gasteiger partial charge >= 0.3 is 0 Å². The Kier molecular flexibility index (Phi) is 5.34. The lowest BCUT2D eigenvalue weighted by atomic mass is 9.96. The summed E-state index contributed by atoms with van der Waals surface area (Å²) in [6.45, 7) is 6.51. The van der Waals surface area contributed by atoms with E-state index in [1.165, 1.54) is 6.42 Å². The number of benzene rings is 1. The van der Waals surface area contributed by atoms with Gasteiger partial charge < -0.3 is 10.1 Å². The molecule has 19 heavy (non-hydrogen) atoms. The summed E-state index contributed by atoms with van der Waals surface area (Å²) < 4.78 is 19.4. The van der Waals surface area contributed by atoms with Crippen LogP contribution in [0.25, 0.3) is 0 Å². The molecule has 0 aromatic heterocycles. The fourth-order valence-corrected chi connectivity index (χ4v) is 2.10. The predicted octanol–water partition coefficient (Wildman–Crippen LogP) is 3.64. The summed E-state index contributed by atoms with van der Waals surface area (Å²) >= 11 is 0. The monoisotopic (exact) mass is 265 g/mol. The first kappa shape index (κ1) is 14.5. The van der Waals surface area contributed by atoms with E-state index in [2.05, 4.69) is 19.2 Å². The molecule has 106 valence electrons. The molecule has 1 aromatic rings. The second-order valence-corrected chi connectivity index (χ2v) is 5.81. The van der Waals surface area contributed by atoms with Crippen LogP contribution in [0.4, 0.5) is 4.39 Å². The molecule has 0 saturated heterocycles. The number of hydrogen-bond acceptors (Lipinski definition) is 2. The van der Waals surface area contributed by atoms with E-state index in [9.17, 15) is 4.39 Å². The highest BCUT2D eigenvalue weighted by Crippen LogP contribution is 2.23. The summed E-state index contributed by atoms with van der Waals surface area (Å²) in [5, 5.41) is 3.37. The molecule has 1 aliphatic rings. The van der Waals surface area contributed by atoms with Crippen LogP contribution in [0.3, 0.4) is 0 Å². The van der Waals surface area contributed by atoms with E-state index in [0.717, 1.165) is 31.5 Å². The first-order valence-electron chi connectivity index (χ1n) is 7.25. The minimum absolute atomic E-state index is 0.160. The smallest absolute Gasteiger partial charge is 0.128 e. The van der Waals surface area contributed by atoms with Gasteiger partial charge in [-0.3, -0.25) is 0 Å². The maximum atomic E-state index is 13.7. The number of ether oxygens (including phenoxy) is 1. The van der Waals surface area contributed by atoms with Gasteiger partial charge in [0.05, 0.1) is 12.7 Å². The molecule has 1 saturated carbocycles. The van der Waals surface area contributed by atoms with E-state index in [1.807, 2.05) is 12.1 Å². The van der Waals surface area contributed by atoms with Gasteiger partial charge in [0.1, 0.15) is 5.82 Å². The van der Waals surface area contributed by atoms with Crippen molar-refractivity contribution in [2.24, 2.45) is 5.92 Å². The van der Waals surface area contributed by atoms with Crippen molar-refractivity contribution in [1.82, 2.24) is 5.32 Å². The second kappa shape index (κ2) is 7.01. The zero-order valence-corrected chi connectivity index (χ0v) is 11.9. The minimum atomic E-state index is -0.160. The molecule has 2 nitrogen and oxygen atoms in total. The lowest BCUT2D eigenvalue weighted by molar-refractivity contribution is -0.00978. The fourth-order valence-electron chi connectivity index (χ4n) is 2.10. The number of hydrogen-bond donors (Lipinski definition) is 1. The molecule has 0 radical (unpaired) electrons. The molecule has 1 aliphatic carbocycles. The van der Waals surface area contributed by atoms with Crippen molar-refractivity contribution in [2.75, 3.05) is 6.54 Å². The first-order chi connectivity index (χ1) is 9.15. The fraction of sp³-hybridized carbons (Fsp3) is 0.625. The van der Waals surface area contributed by atoms with E-state index in [0.29, 0.717) is 24.2 Å². The average molecular weight is 265 g/mol. The highest BCUT2D eigenvalue weighted by molar-refractivity contribution is 5.24. The van der Waals surface area contributed by atoms with E-state index in [1.54, 1.807) is 6.07 Å². The molecule has 0 spiro atoms.